The highest BCUT2D eigenvalue weighted by Crippen LogP contribution is 2.28. The van der Waals surface area contributed by atoms with Gasteiger partial charge in [0.05, 0.1) is 24.3 Å². The van der Waals surface area contributed by atoms with Gasteiger partial charge in [0.2, 0.25) is 0 Å². The van der Waals surface area contributed by atoms with Gasteiger partial charge in [-0.05, 0) is 36.1 Å². The highest BCUT2D eigenvalue weighted by atomic mass is 16.8. The van der Waals surface area contributed by atoms with Crippen molar-refractivity contribution in [1.29, 1.82) is 0 Å². The molecule has 1 aliphatic rings. The molecule has 0 aliphatic carbocycles. The summed E-state index contributed by atoms with van der Waals surface area (Å²) in [4.78, 5) is 10.2. The summed E-state index contributed by atoms with van der Waals surface area (Å²) in [5.41, 5.74) is 5.20. The van der Waals surface area contributed by atoms with Crippen LogP contribution in [-0.4, -0.2) is 67.8 Å². The molecule has 192 valence electrons. The zero-order valence-corrected chi connectivity index (χ0v) is 21.7. The first-order chi connectivity index (χ1) is 17.4. The molecule has 8 heteroatoms. The second-order valence-electron chi connectivity index (χ2n) is 9.18. The number of ether oxygens (including phenoxy) is 4. The quantitative estimate of drug-likeness (QED) is 0.315. The smallest absolute Gasteiger partial charge is 0.256 e. The summed E-state index contributed by atoms with van der Waals surface area (Å²) >= 11 is 0. The maximum absolute atomic E-state index is 5.92. The number of methoxy groups -OCH3 is 3. The Morgan fingerprint density at radius 1 is 0.917 bits per heavy atom. The van der Waals surface area contributed by atoms with E-state index in [0.717, 1.165) is 22.5 Å². The van der Waals surface area contributed by atoms with Crippen molar-refractivity contribution in [1.82, 2.24) is 9.55 Å². The number of aromatic nitrogens is 2. The third-order valence-electron chi connectivity index (χ3n) is 6.56. The van der Waals surface area contributed by atoms with Crippen LogP contribution in [0.2, 0.25) is 0 Å². The average molecular weight is 494 g/mol. The SMILES string of the molecule is CO[C@@H]1[C@@H](OC)[C@H](C)O[C@@H](O/N=C/c2ccc(-c3cn(-c4ccc(C(C)C)cc4)cn3)cc2)[C@@H]1OC. The molecule has 8 nitrogen and oxygen atoms in total. The minimum absolute atomic E-state index is 0.237. The van der Waals surface area contributed by atoms with Crippen molar-refractivity contribution >= 4 is 6.21 Å². The van der Waals surface area contributed by atoms with Crippen LogP contribution in [0.25, 0.3) is 16.9 Å². The second-order valence-corrected chi connectivity index (χ2v) is 9.18. The van der Waals surface area contributed by atoms with Gasteiger partial charge in [-0.2, -0.15) is 0 Å². The molecule has 1 saturated heterocycles. The van der Waals surface area contributed by atoms with Crippen LogP contribution in [-0.2, 0) is 23.8 Å². The van der Waals surface area contributed by atoms with Gasteiger partial charge in [-0.3, -0.25) is 0 Å². The fourth-order valence-electron chi connectivity index (χ4n) is 4.44. The van der Waals surface area contributed by atoms with Gasteiger partial charge in [-0.15, -0.1) is 0 Å². The minimum Gasteiger partial charge on any atom is -0.376 e. The number of rotatable bonds is 9. The summed E-state index contributed by atoms with van der Waals surface area (Å²) < 4.78 is 24.6. The van der Waals surface area contributed by atoms with E-state index in [1.54, 1.807) is 27.5 Å². The predicted octanol–water partition coefficient (Wildman–Crippen LogP) is 4.80. The molecule has 36 heavy (non-hydrogen) atoms. The van der Waals surface area contributed by atoms with E-state index in [1.165, 1.54) is 5.56 Å². The molecule has 1 fully saturated rings. The van der Waals surface area contributed by atoms with Gasteiger partial charge in [-0.1, -0.05) is 55.4 Å². The summed E-state index contributed by atoms with van der Waals surface area (Å²) in [5, 5.41) is 4.14. The lowest BCUT2D eigenvalue weighted by atomic mass is 9.99. The van der Waals surface area contributed by atoms with Gasteiger partial charge < -0.3 is 28.4 Å². The van der Waals surface area contributed by atoms with Crippen LogP contribution in [0.5, 0.6) is 0 Å². The fourth-order valence-corrected chi connectivity index (χ4v) is 4.44. The zero-order chi connectivity index (χ0) is 25.7. The van der Waals surface area contributed by atoms with Crippen LogP contribution in [0, 0.1) is 0 Å². The molecule has 0 saturated carbocycles. The molecule has 2 aromatic carbocycles. The summed E-state index contributed by atoms with van der Waals surface area (Å²) in [6, 6.07) is 16.5. The molecule has 4 rings (SSSR count). The van der Waals surface area contributed by atoms with Crippen LogP contribution < -0.4 is 0 Å². The van der Waals surface area contributed by atoms with E-state index >= 15 is 0 Å². The molecular weight excluding hydrogens is 458 g/mol. The Bertz CT molecular complexity index is 1130. The Hall–Kier alpha value is -3.04. The Kier molecular flexibility index (Phi) is 8.53. The Balaban J connectivity index is 1.39. The number of hydrogen-bond acceptors (Lipinski definition) is 7. The minimum atomic E-state index is -0.713. The highest BCUT2D eigenvalue weighted by molar-refractivity contribution is 5.80. The molecule has 3 aromatic rings. The maximum Gasteiger partial charge on any atom is 0.256 e. The van der Waals surface area contributed by atoms with Crippen molar-refractivity contribution in [2.45, 2.75) is 57.4 Å². The molecule has 0 N–H and O–H groups in total. The summed E-state index contributed by atoms with van der Waals surface area (Å²) in [6.45, 7) is 6.30. The standard InChI is InChI=1S/C28H35N3O5/c1-18(2)21-11-13-23(14-12-21)31-16-24(29-17-31)22-9-7-20(8-10-22)15-30-36-28-27(34-6)26(33-5)25(32-4)19(3)35-28/h7-19,25-28H,1-6H3/b30-15+/t19-,25-,26+,27+,28-/m0/s1. The summed E-state index contributed by atoms with van der Waals surface area (Å²) in [5.74, 6) is 0.510. The van der Waals surface area contributed by atoms with Gasteiger partial charge in [0, 0.05) is 38.8 Å². The number of benzene rings is 2. The number of oxime groups is 1. The van der Waals surface area contributed by atoms with Crippen molar-refractivity contribution < 1.29 is 23.8 Å². The molecule has 0 radical (unpaired) electrons. The number of imidazole rings is 1. The maximum atomic E-state index is 5.92. The Morgan fingerprint density at radius 3 is 2.19 bits per heavy atom. The monoisotopic (exact) mass is 493 g/mol. The van der Waals surface area contributed by atoms with Crippen molar-refractivity contribution in [3.05, 3.63) is 72.2 Å². The van der Waals surface area contributed by atoms with Crippen molar-refractivity contribution in [3.63, 3.8) is 0 Å². The van der Waals surface area contributed by atoms with E-state index in [9.17, 15) is 0 Å². The molecular formula is C28H35N3O5. The Labute approximate surface area is 212 Å². The van der Waals surface area contributed by atoms with E-state index in [-0.39, 0.29) is 18.3 Å². The van der Waals surface area contributed by atoms with E-state index in [2.05, 4.69) is 48.3 Å². The first kappa shape index (κ1) is 26.0. The molecule has 1 aromatic heterocycles. The largest absolute Gasteiger partial charge is 0.376 e. The summed E-state index contributed by atoms with van der Waals surface area (Å²) in [6.07, 6.45) is 3.48. The summed E-state index contributed by atoms with van der Waals surface area (Å²) in [7, 11) is 4.83. The Morgan fingerprint density at radius 2 is 1.58 bits per heavy atom. The molecule has 0 bridgehead atoms. The van der Waals surface area contributed by atoms with Crippen molar-refractivity contribution in [2.24, 2.45) is 5.16 Å². The second kappa shape index (κ2) is 11.8. The van der Waals surface area contributed by atoms with Crippen LogP contribution >= 0.6 is 0 Å². The third kappa shape index (κ3) is 5.68. The predicted molar refractivity (Wildman–Crippen MR) is 138 cm³/mol. The molecule has 0 spiro atoms. The molecule has 5 atom stereocenters. The van der Waals surface area contributed by atoms with E-state index in [4.69, 9.17) is 23.8 Å². The highest BCUT2D eigenvalue weighted by Gasteiger charge is 2.46. The normalized spacial score (nSPS) is 24.5. The van der Waals surface area contributed by atoms with Gasteiger partial charge in [0.15, 0.2) is 6.10 Å². The van der Waals surface area contributed by atoms with Gasteiger partial charge in [-0.25, -0.2) is 4.98 Å². The van der Waals surface area contributed by atoms with E-state index in [0.29, 0.717) is 5.92 Å². The fraction of sp³-hybridized carbons (Fsp3) is 0.429. The zero-order valence-electron chi connectivity index (χ0n) is 21.7. The van der Waals surface area contributed by atoms with Gasteiger partial charge in [0.1, 0.15) is 12.2 Å². The van der Waals surface area contributed by atoms with Crippen molar-refractivity contribution in [2.75, 3.05) is 21.3 Å². The van der Waals surface area contributed by atoms with E-state index in [1.807, 2.05) is 48.3 Å². The first-order valence-electron chi connectivity index (χ1n) is 12.1. The third-order valence-corrected chi connectivity index (χ3v) is 6.56. The molecule has 2 heterocycles. The van der Waals surface area contributed by atoms with Crippen LogP contribution in [0.4, 0.5) is 0 Å². The van der Waals surface area contributed by atoms with Crippen LogP contribution in [0.1, 0.15) is 37.8 Å². The number of nitrogens with zero attached hydrogens (tertiary/aromatic N) is 3. The topological polar surface area (TPSA) is 76.3 Å². The lowest BCUT2D eigenvalue weighted by molar-refractivity contribution is -0.305. The first-order valence-corrected chi connectivity index (χ1v) is 12.1. The average Bonchev–Trinajstić information content (AvgIpc) is 3.39. The van der Waals surface area contributed by atoms with Gasteiger partial charge >= 0.3 is 0 Å². The van der Waals surface area contributed by atoms with Crippen molar-refractivity contribution in [3.8, 4) is 16.9 Å². The molecule has 0 unspecified atom stereocenters. The van der Waals surface area contributed by atoms with Gasteiger partial charge in [0.25, 0.3) is 6.29 Å². The lowest BCUT2D eigenvalue weighted by Crippen LogP contribution is -2.59. The lowest BCUT2D eigenvalue weighted by Gasteiger charge is -2.42. The van der Waals surface area contributed by atoms with E-state index < -0.39 is 12.4 Å². The van der Waals surface area contributed by atoms with Crippen LogP contribution in [0.15, 0.2) is 66.2 Å². The number of hydrogen-bond donors (Lipinski definition) is 0. The molecule has 1 aliphatic heterocycles. The molecule has 0 amide bonds. The van der Waals surface area contributed by atoms with Crippen LogP contribution in [0.3, 0.4) is 0 Å².